The van der Waals surface area contributed by atoms with E-state index in [0.29, 0.717) is 5.92 Å². The monoisotopic (exact) mass is 433 g/mol. The molecular formula is C26H43NO4. The highest BCUT2D eigenvalue weighted by Crippen LogP contribution is 2.28. The van der Waals surface area contributed by atoms with Crippen molar-refractivity contribution in [3.8, 4) is 5.75 Å². The number of aliphatic carboxylic acids is 1. The van der Waals surface area contributed by atoms with E-state index in [4.69, 9.17) is 14.6 Å². The Morgan fingerprint density at radius 1 is 1.26 bits per heavy atom. The fourth-order valence-electron chi connectivity index (χ4n) is 2.44. The van der Waals surface area contributed by atoms with E-state index in [-0.39, 0.29) is 6.42 Å². The molecule has 0 aliphatic heterocycles. The van der Waals surface area contributed by atoms with Crippen molar-refractivity contribution in [3.05, 3.63) is 53.8 Å². The molecule has 0 unspecified atom stereocenters. The van der Waals surface area contributed by atoms with Crippen LogP contribution in [-0.2, 0) is 23.0 Å². The van der Waals surface area contributed by atoms with Gasteiger partial charge in [-0.15, -0.1) is 6.58 Å². The molecule has 0 fully saturated rings. The number of aromatic nitrogens is 1. The first-order chi connectivity index (χ1) is 14.6. The summed E-state index contributed by atoms with van der Waals surface area (Å²) in [6, 6.07) is 5.72. The number of aryl methyl sites for hydroxylation is 1. The topological polar surface area (TPSA) is 60.7 Å². The molecule has 0 aliphatic carbocycles. The van der Waals surface area contributed by atoms with Gasteiger partial charge >= 0.3 is 5.97 Å². The lowest BCUT2D eigenvalue weighted by molar-refractivity contribution is -0.136. The van der Waals surface area contributed by atoms with Gasteiger partial charge in [-0.25, -0.2) is 0 Å². The predicted octanol–water partition coefficient (Wildman–Crippen LogP) is 6.58. The molecule has 31 heavy (non-hydrogen) atoms. The smallest absolute Gasteiger partial charge is 0.307 e. The largest absolute Gasteiger partial charge is 0.497 e. The van der Waals surface area contributed by atoms with Crippen LogP contribution in [0.25, 0.3) is 10.9 Å². The number of methoxy groups -OCH3 is 2. The summed E-state index contributed by atoms with van der Waals surface area (Å²) in [6.45, 7) is 18.5. The molecule has 0 amide bonds. The van der Waals surface area contributed by atoms with Gasteiger partial charge in [0.1, 0.15) is 5.75 Å². The summed E-state index contributed by atoms with van der Waals surface area (Å²) in [7, 11) is 5.25. The van der Waals surface area contributed by atoms with Crippen molar-refractivity contribution < 1.29 is 19.4 Å². The fourth-order valence-corrected chi connectivity index (χ4v) is 2.44. The third kappa shape index (κ3) is 11.4. The molecule has 0 atom stereocenters. The van der Waals surface area contributed by atoms with Crippen LogP contribution in [0, 0.1) is 12.8 Å². The number of benzene rings is 1. The molecule has 2 rings (SSSR count). The first-order valence-electron chi connectivity index (χ1n) is 10.7. The van der Waals surface area contributed by atoms with Crippen LogP contribution in [0.1, 0.15) is 52.8 Å². The SMILES string of the molecule is C/C=C(\C)COC.C=CC(C)C.CC.COc1ccc2c(c1)c(CC(=O)O)c(C)n2C. The molecule has 1 heterocycles. The fraction of sp³-hybridized carbons (Fsp3) is 0.500. The third-order valence-corrected chi connectivity index (χ3v) is 4.49. The lowest BCUT2D eigenvalue weighted by Crippen LogP contribution is -2.01. The quantitative estimate of drug-likeness (QED) is 0.523. The number of hydrogen-bond acceptors (Lipinski definition) is 3. The Hall–Kier alpha value is -2.53. The zero-order valence-electron chi connectivity index (χ0n) is 21.2. The summed E-state index contributed by atoms with van der Waals surface area (Å²) in [4.78, 5) is 10.9. The van der Waals surface area contributed by atoms with Crippen LogP contribution < -0.4 is 4.74 Å². The first kappa shape index (κ1) is 30.7. The van der Waals surface area contributed by atoms with Crippen molar-refractivity contribution in [2.45, 2.75) is 54.9 Å². The van der Waals surface area contributed by atoms with Crippen molar-refractivity contribution in [1.82, 2.24) is 4.57 Å². The Morgan fingerprint density at radius 2 is 1.81 bits per heavy atom. The molecule has 1 aromatic carbocycles. The van der Waals surface area contributed by atoms with Crippen LogP contribution in [0.4, 0.5) is 0 Å². The minimum Gasteiger partial charge on any atom is -0.497 e. The summed E-state index contributed by atoms with van der Waals surface area (Å²) < 4.78 is 12.0. The molecule has 1 N–H and O–H groups in total. The van der Waals surface area contributed by atoms with Crippen molar-refractivity contribution in [1.29, 1.82) is 0 Å². The molecule has 0 spiro atoms. The van der Waals surface area contributed by atoms with E-state index in [1.54, 1.807) is 14.2 Å². The van der Waals surface area contributed by atoms with E-state index in [9.17, 15) is 4.79 Å². The third-order valence-electron chi connectivity index (χ3n) is 4.49. The van der Waals surface area contributed by atoms with Gasteiger partial charge in [0.05, 0.1) is 20.1 Å². The summed E-state index contributed by atoms with van der Waals surface area (Å²) in [5, 5.41) is 9.90. The Morgan fingerprint density at radius 3 is 2.16 bits per heavy atom. The van der Waals surface area contributed by atoms with E-state index in [1.807, 2.05) is 76.6 Å². The maximum Gasteiger partial charge on any atom is 0.307 e. The summed E-state index contributed by atoms with van der Waals surface area (Å²) in [6.07, 6.45) is 4.00. The van der Waals surface area contributed by atoms with Gasteiger partial charge in [-0.2, -0.15) is 0 Å². The van der Waals surface area contributed by atoms with Gasteiger partial charge in [-0.3, -0.25) is 4.79 Å². The maximum atomic E-state index is 10.9. The van der Waals surface area contributed by atoms with Crippen LogP contribution >= 0.6 is 0 Å². The van der Waals surface area contributed by atoms with Gasteiger partial charge < -0.3 is 19.1 Å². The second-order valence-electron chi connectivity index (χ2n) is 7.12. The van der Waals surface area contributed by atoms with Crippen LogP contribution in [0.2, 0.25) is 0 Å². The number of ether oxygens (including phenoxy) is 2. The number of carboxylic acids is 1. The number of rotatable bonds is 6. The standard InChI is InChI=1S/C13H15NO3.C6H12O.C5H10.C2H6/c1-8-10(7-13(15)16)11-6-9(17-3)4-5-12(11)14(8)2;1-4-6(2)5-7-3;1-4-5(2)3;1-2/h4-6H,7H2,1-3H3,(H,15,16);4H,5H2,1-3H3;4-5H,1H2,2-3H3;1-2H3/b;6-4+;;. The Bertz CT molecular complexity index is 816. The van der Waals surface area contributed by atoms with Gasteiger partial charge in [-0.05, 0) is 50.5 Å². The van der Waals surface area contributed by atoms with Gasteiger partial charge in [0.25, 0.3) is 0 Å². The maximum absolute atomic E-state index is 10.9. The Kier molecular flexibility index (Phi) is 17.0. The molecule has 2 aromatic rings. The van der Waals surface area contributed by atoms with Crippen molar-refractivity contribution in [2.24, 2.45) is 13.0 Å². The average molecular weight is 434 g/mol. The molecule has 5 heteroatoms. The molecule has 176 valence electrons. The summed E-state index contributed by atoms with van der Waals surface area (Å²) >= 11 is 0. The highest BCUT2D eigenvalue weighted by atomic mass is 16.5. The predicted molar refractivity (Wildman–Crippen MR) is 133 cm³/mol. The van der Waals surface area contributed by atoms with Gasteiger partial charge in [-0.1, -0.05) is 45.4 Å². The number of fused-ring (bicyclic) bond motifs is 1. The number of hydrogen-bond donors (Lipinski definition) is 1. The zero-order chi connectivity index (χ0) is 24.6. The Balaban J connectivity index is 0. The lowest BCUT2D eigenvalue weighted by Gasteiger charge is -2.01. The number of carbonyl (C=O) groups is 1. The number of nitrogens with zero attached hydrogens (tertiary/aromatic N) is 1. The highest BCUT2D eigenvalue weighted by molar-refractivity contribution is 5.90. The van der Waals surface area contributed by atoms with Crippen molar-refractivity contribution >= 4 is 16.9 Å². The van der Waals surface area contributed by atoms with Gasteiger partial charge in [0.2, 0.25) is 0 Å². The van der Waals surface area contributed by atoms with Crippen molar-refractivity contribution in [3.63, 3.8) is 0 Å². The normalized spacial score (nSPS) is 10.2. The van der Waals surface area contributed by atoms with Gasteiger partial charge in [0.15, 0.2) is 0 Å². The minimum absolute atomic E-state index is 0.0380. The molecular weight excluding hydrogens is 390 g/mol. The van der Waals surface area contributed by atoms with Crippen LogP contribution in [0.15, 0.2) is 42.5 Å². The number of carboxylic acid groups (broad SMARTS) is 1. The lowest BCUT2D eigenvalue weighted by atomic mass is 10.1. The van der Waals surface area contributed by atoms with Crippen LogP contribution in [0.3, 0.4) is 0 Å². The summed E-state index contributed by atoms with van der Waals surface area (Å²) in [5.74, 6) is 0.577. The van der Waals surface area contributed by atoms with Gasteiger partial charge in [0, 0.05) is 30.8 Å². The molecule has 5 nitrogen and oxygen atoms in total. The molecule has 0 saturated heterocycles. The van der Waals surface area contributed by atoms with Crippen molar-refractivity contribution in [2.75, 3.05) is 20.8 Å². The van der Waals surface area contributed by atoms with E-state index in [2.05, 4.69) is 20.4 Å². The molecule has 0 radical (unpaired) electrons. The second kappa shape index (κ2) is 17.2. The average Bonchev–Trinajstić information content (AvgIpc) is 3.00. The molecule has 1 aromatic heterocycles. The van der Waals surface area contributed by atoms with E-state index < -0.39 is 5.97 Å². The van der Waals surface area contributed by atoms with E-state index in [1.165, 1.54) is 5.57 Å². The molecule has 0 aliphatic rings. The first-order valence-corrected chi connectivity index (χ1v) is 10.7. The van der Waals surface area contributed by atoms with E-state index >= 15 is 0 Å². The van der Waals surface area contributed by atoms with Crippen LogP contribution in [0.5, 0.6) is 5.75 Å². The second-order valence-corrected chi connectivity index (χ2v) is 7.12. The molecule has 0 bridgehead atoms. The summed E-state index contributed by atoms with van der Waals surface area (Å²) in [5.41, 5.74) is 4.15. The Labute approximate surface area is 189 Å². The zero-order valence-corrected chi connectivity index (χ0v) is 21.2. The minimum atomic E-state index is -0.816. The number of allylic oxidation sites excluding steroid dienone is 2. The van der Waals surface area contributed by atoms with Crippen LogP contribution in [-0.4, -0.2) is 36.5 Å². The highest BCUT2D eigenvalue weighted by Gasteiger charge is 2.14. The van der Waals surface area contributed by atoms with E-state index in [0.717, 1.165) is 34.5 Å². The molecule has 0 saturated carbocycles.